The second kappa shape index (κ2) is 6.20. The molecule has 1 aliphatic heterocycles. The lowest BCUT2D eigenvalue weighted by Gasteiger charge is -2.32. The molecule has 0 aromatic heterocycles. The average Bonchev–Trinajstić information content (AvgIpc) is 2.73. The van der Waals surface area contributed by atoms with Crippen LogP contribution in [0.25, 0.3) is 0 Å². The summed E-state index contributed by atoms with van der Waals surface area (Å²) in [6.07, 6.45) is 0. The summed E-state index contributed by atoms with van der Waals surface area (Å²) in [6.45, 7) is 6.12. The van der Waals surface area contributed by atoms with E-state index in [2.05, 4.69) is 30.8 Å². The minimum absolute atomic E-state index is 0.0522. The molecular weight excluding hydrogens is 253 g/mol. The van der Waals surface area contributed by atoms with E-state index in [9.17, 15) is 4.39 Å². The summed E-state index contributed by atoms with van der Waals surface area (Å²) < 4.78 is 14.1. The van der Waals surface area contributed by atoms with Gasteiger partial charge in [-0.05, 0) is 33.0 Å². The molecule has 0 radical (unpaired) electrons. The lowest BCUT2D eigenvalue weighted by molar-refractivity contribution is 0.193. The van der Waals surface area contributed by atoms with Crippen LogP contribution < -0.4 is 5.73 Å². The molecule has 20 heavy (non-hydrogen) atoms. The Balaban J connectivity index is 2.25. The van der Waals surface area contributed by atoms with Gasteiger partial charge in [0.25, 0.3) is 0 Å². The molecule has 4 heteroatoms. The monoisotopic (exact) mass is 279 g/mol. The highest BCUT2D eigenvalue weighted by Crippen LogP contribution is 2.32. The molecule has 1 fully saturated rings. The van der Waals surface area contributed by atoms with Gasteiger partial charge in [0.15, 0.2) is 0 Å². The predicted octanol–water partition coefficient (Wildman–Crippen LogP) is 2.10. The third kappa shape index (κ3) is 3.03. The molecule has 0 spiro atoms. The van der Waals surface area contributed by atoms with Gasteiger partial charge in [0, 0.05) is 30.7 Å². The molecule has 4 unspecified atom stereocenters. The Bertz CT molecular complexity index is 447. The van der Waals surface area contributed by atoms with E-state index in [1.807, 2.05) is 19.1 Å². The highest BCUT2D eigenvalue weighted by Gasteiger charge is 2.37. The topological polar surface area (TPSA) is 32.5 Å². The van der Waals surface area contributed by atoms with Crippen molar-refractivity contribution in [1.29, 1.82) is 0 Å². The SMILES string of the molecule is CC(N)C(c1ccccc1F)N1CC(C)C(N(C)C)C1. The third-order valence-corrected chi connectivity index (χ3v) is 4.38. The van der Waals surface area contributed by atoms with Gasteiger partial charge >= 0.3 is 0 Å². The van der Waals surface area contributed by atoms with Gasteiger partial charge in [-0.3, -0.25) is 4.90 Å². The van der Waals surface area contributed by atoms with Crippen LogP contribution in [0.5, 0.6) is 0 Å². The van der Waals surface area contributed by atoms with Crippen molar-refractivity contribution in [3.63, 3.8) is 0 Å². The highest BCUT2D eigenvalue weighted by atomic mass is 19.1. The number of rotatable bonds is 4. The quantitative estimate of drug-likeness (QED) is 0.916. The Hall–Kier alpha value is -0.970. The van der Waals surface area contributed by atoms with Crippen molar-refractivity contribution in [1.82, 2.24) is 9.80 Å². The predicted molar refractivity (Wildman–Crippen MR) is 81.0 cm³/mol. The average molecular weight is 279 g/mol. The molecule has 0 aliphatic carbocycles. The van der Waals surface area contributed by atoms with E-state index >= 15 is 0 Å². The molecule has 4 atom stereocenters. The number of benzene rings is 1. The van der Waals surface area contributed by atoms with E-state index < -0.39 is 0 Å². The van der Waals surface area contributed by atoms with E-state index in [0.29, 0.717) is 17.5 Å². The van der Waals surface area contributed by atoms with E-state index in [1.165, 1.54) is 6.07 Å². The number of nitrogens with two attached hydrogens (primary N) is 1. The maximum atomic E-state index is 14.1. The van der Waals surface area contributed by atoms with Gasteiger partial charge in [-0.1, -0.05) is 25.1 Å². The van der Waals surface area contributed by atoms with Gasteiger partial charge < -0.3 is 10.6 Å². The van der Waals surface area contributed by atoms with E-state index in [-0.39, 0.29) is 17.9 Å². The van der Waals surface area contributed by atoms with Gasteiger partial charge in [0.2, 0.25) is 0 Å². The summed E-state index contributed by atoms with van der Waals surface area (Å²) in [5, 5.41) is 0. The Morgan fingerprint density at radius 1 is 1.30 bits per heavy atom. The minimum atomic E-state index is -0.157. The fourth-order valence-corrected chi connectivity index (χ4v) is 3.41. The maximum absolute atomic E-state index is 14.1. The fraction of sp³-hybridized carbons (Fsp3) is 0.625. The molecule has 1 heterocycles. The molecule has 2 rings (SSSR count). The van der Waals surface area contributed by atoms with Crippen molar-refractivity contribution in [3.8, 4) is 0 Å². The van der Waals surface area contributed by atoms with Crippen LogP contribution in [0.2, 0.25) is 0 Å². The second-order valence-corrected chi connectivity index (χ2v) is 6.29. The van der Waals surface area contributed by atoms with Gasteiger partial charge in [0.1, 0.15) is 5.82 Å². The number of hydrogen-bond acceptors (Lipinski definition) is 3. The molecule has 1 aliphatic rings. The Kier molecular flexibility index (Phi) is 4.78. The van der Waals surface area contributed by atoms with Crippen molar-refractivity contribution in [2.45, 2.75) is 32.0 Å². The molecule has 1 aromatic rings. The van der Waals surface area contributed by atoms with Crippen LogP contribution in [-0.4, -0.2) is 49.1 Å². The molecule has 112 valence electrons. The first-order valence-electron chi connectivity index (χ1n) is 7.32. The fourth-order valence-electron chi connectivity index (χ4n) is 3.41. The molecule has 0 bridgehead atoms. The number of likely N-dealkylation sites (tertiary alicyclic amines) is 1. The van der Waals surface area contributed by atoms with Crippen LogP contribution >= 0.6 is 0 Å². The van der Waals surface area contributed by atoms with E-state index in [0.717, 1.165) is 13.1 Å². The standard InChI is InChI=1S/C16H26FN3/c1-11-9-20(10-15(11)19(3)4)16(12(2)18)13-7-5-6-8-14(13)17/h5-8,11-12,15-16H,9-10,18H2,1-4H3. The second-order valence-electron chi connectivity index (χ2n) is 6.29. The zero-order valence-corrected chi connectivity index (χ0v) is 12.9. The zero-order valence-electron chi connectivity index (χ0n) is 12.9. The smallest absolute Gasteiger partial charge is 0.128 e. The van der Waals surface area contributed by atoms with Gasteiger partial charge in [-0.25, -0.2) is 4.39 Å². The van der Waals surface area contributed by atoms with Crippen molar-refractivity contribution in [3.05, 3.63) is 35.6 Å². The van der Waals surface area contributed by atoms with Crippen LogP contribution in [0.15, 0.2) is 24.3 Å². The minimum Gasteiger partial charge on any atom is -0.326 e. The van der Waals surface area contributed by atoms with Crippen LogP contribution in [0.3, 0.4) is 0 Å². The van der Waals surface area contributed by atoms with Crippen molar-refractivity contribution in [2.75, 3.05) is 27.2 Å². The molecular formula is C16H26FN3. The van der Waals surface area contributed by atoms with Gasteiger partial charge in [-0.2, -0.15) is 0 Å². The summed E-state index contributed by atoms with van der Waals surface area (Å²) in [7, 11) is 4.21. The summed E-state index contributed by atoms with van der Waals surface area (Å²) in [5.41, 5.74) is 6.88. The van der Waals surface area contributed by atoms with E-state index in [1.54, 1.807) is 6.07 Å². The first-order chi connectivity index (χ1) is 9.41. The first-order valence-corrected chi connectivity index (χ1v) is 7.32. The number of hydrogen-bond donors (Lipinski definition) is 1. The van der Waals surface area contributed by atoms with Crippen LogP contribution in [-0.2, 0) is 0 Å². The van der Waals surface area contributed by atoms with Crippen LogP contribution in [0.4, 0.5) is 4.39 Å². The van der Waals surface area contributed by atoms with Crippen molar-refractivity contribution in [2.24, 2.45) is 11.7 Å². The summed E-state index contributed by atoms with van der Waals surface area (Å²) in [5.74, 6) is 0.411. The summed E-state index contributed by atoms with van der Waals surface area (Å²) >= 11 is 0. The third-order valence-electron chi connectivity index (χ3n) is 4.38. The summed E-state index contributed by atoms with van der Waals surface area (Å²) in [6, 6.07) is 7.35. The molecule has 0 saturated carbocycles. The first kappa shape index (κ1) is 15.4. The summed E-state index contributed by atoms with van der Waals surface area (Å²) in [4.78, 5) is 4.59. The normalized spacial score (nSPS) is 26.9. The molecule has 3 nitrogen and oxygen atoms in total. The lowest BCUT2D eigenvalue weighted by atomic mass is 9.99. The van der Waals surface area contributed by atoms with Gasteiger partial charge in [0.05, 0.1) is 6.04 Å². The molecule has 1 aromatic carbocycles. The van der Waals surface area contributed by atoms with Crippen molar-refractivity contribution < 1.29 is 4.39 Å². The zero-order chi connectivity index (χ0) is 14.9. The number of halogens is 1. The Labute approximate surface area is 121 Å². The Morgan fingerprint density at radius 3 is 2.45 bits per heavy atom. The Morgan fingerprint density at radius 2 is 1.95 bits per heavy atom. The molecule has 2 N–H and O–H groups in total. The molecule has 0 amide bonds. The van der Waals surface area contributed by atoms with Gasteiger partial charge in [-0.15, -0.1) is 0 Å². The van der Waals surface area contributed by atoms with Crippen LogP contribution in [0, 0.1) is 11.7 Å². The molecule has 1 saturated heterocycles. The lowest BCUT2D eigenvalue weighted by Crippen LogP contribution is -2.40. The largest absolute Gasteiger partial charge is 0.326 e. The highest BCUT2D eigenvalue weighted by molar-refractivity contribution is 5.23. The van der Waals surface area contributed by atoms with E-state index in [4.69, 9.17) is 5.73 Å². The number of nitrogens with zero attached hydrogens (tertiary/aromatic N) is 2. The number of likely N-dealkylation sites (N-methyl/N-ethyl adjacent to an activating group) is 1. The van der Waals surface area contributed by atoms with Crippen LogP contribution in [0.1, 0.15) is 25.5 Å². The van der Waals surface area contributed by atoms with Crippen molar-refractivity contribution >= 4 is 0 Å². The maximum Gasteiger partial charge on any atom is 0.128 e.